The summed E-state index contributed by atoms with van der Waals surface area (Å²) in [5.74, 6) is 0. The van der Waals surface area contributed by atoms with E-state index in [1.165, 1.54) is 0 Å². The lowest BCUT2D eigenvalue weighted by molar-refractivity contribution is 0.599. The zero-order valence-electron chi connectivity index (χ0n) is 9.77. The second-order valence-electron chi connectivity index (χ2n) is 3.77. The fourth-order valence-corrected chi connectivity index (χ4v) is 2.40. The van der Waals surface area contributed by atoms with Crippen LogP contribution in [0.5, 0.6) is 0 Å². The van der Waals surface area contributed by atoms with E-state index in [0.717, 1.165) is 11.4 Å². The minimum absolute atomic E-state index is 0.0380. The number of para-hydroxylation sites is 1. The molecule has 5 heteroatoms. The average Bonchev–Trinajstić information content (AvgIpc) is 2.55. The molecule has 17 heavy (non-hydrogen) atoms. The summed E-state index contributed by atoms with van der Waals surface area (Å²) >= 11 is 3.36. The highest BCUT2D eigenvalue weighted by Gasteiger charge is 2.15. The highest BCUT2D eigenvalue weighted by Crippen LogP contribution is 2.15. The lowest BCUT2D eigenvalue weighted by atomic mass is 10.3. The molecule has 0 spiro atoms. The molecular weight excluding hydrogens is 282 g/mol. The summed E-state index contributed by atoms with van der Waals surface area (Å²) in [7, 11) is 3.74. The molecule has 0 fully saturated rings. The van der Waals surface area contributed by atoms with Crippen LogP contribution in [0.15, 0.2) is 39.6 Å². The lowest BCUT2D eigenvalue weighted by Gasteiger charge is -2.09. The first-order valence-electron chi connectivity index (χ1n) is 5.33. The Bertz CT molecular complexity index is 571. The van der Waals surface area contributed by atoms with Gasteiger partial charge >= 0.3 is 0 Å². The Morgan fingerprint density at radius 2 is 1.94 bits per heavy atom. The summed E-state index contributed by atoms with van der Waals surface area (Å²) in [4.78, 5) is 12.2. The second kappa shape index (κ2) is 4.89. The Kier molecular flexibility index (Phi) is 3.49. The van der Waals surface area contributed by atoms with Crippen molar-refractivity contribution in [3.63, 3.8) is 0 Å². The fourth-order valence-electron chi connectivity index (χ4n) is 1.83. The van der Waals surface area contributed by atoms with Crippen LogP contribution in [0.3, 0.4) is 0 Å². The maximum atomic E-state index is 12.2. The van der Waals surface area contributed by atoms with Crippen LogP contribution in [0.4, 0.5) is 0 Å². The number of halogens is 1. The number of nitrogens with one attached hydrogen (secondary N) is 1. The van der Waals surface area contributed by atoms with Gasteiger partial charge in [-0.2, -0.15) is 0 Å². The summed E-state index contributed by atoms with van der Waals surface area (Å²) in [6.45, 7) is 0.645. The summed E-state index contributed by atoms with van der Waals surface area (Å²) < 4.78 is 4.12. The van der Waals surface area contributed by atoms with Crippen molar-refractivity contribution in [2.24, 2.45) is 7.05 Å². The van der Waals surface area contributed by atoms with E-state index in [-0.39, 0.29) is 5.56 Å². The zero-order valence-corrected chi connectivity index (χ0v) is 11.4. The van der Waals surface area contributed by atoms with E-state index in [0.29, 0.717) is 11.0 Å². The van der Waals surface area contributed by atoms with Crippen LogP contribution >= 0.6 is 15.9 Å². The lowest BCUT2D eigenvalue weighted by Crippen LogP contribution is -2.20. The molecule has 0 aliphatic carbocycles. The molecule has 4 nitrogen and oxygen atoms in total. The first-order valence-corrected chi connectivity index (χ1v) is 6.12. The third-order valence-corrected chi connectivity index (χ3v) is 3.47. The molecule has 0 aliphatic rings. The normalized spacial score (nSPS) is 10.8. The third-order valence-electron chi connectivity index (χ3n) is 2.67. The van der Waals surface area contributed by atoms with Crippen LogP contribution in [0.1, 0.15) is 5.69 Å². The number of hydrogen-bond acceptors (Lipinski definition) is 2. The maximum absolute atomic E-state index is 12.2. The Hall–Kier alpha value is -1.33. The molecule has 2 rings (SSSR count). The predicted molar refractivity (Wildman–Crippen MR) is 71.5 cm³/mol. The zero-order chi connectivity index (χ0) is 12.4. The van der Waals surface area contributed by atoms with Gasteiger partial charge in [-0.25, -0.2) is 4.68 Å². The number of aromatic nitrogens is 2. The summed E-state index contributed by atoms with van der Waals surface area (Å²) in [6, 6.07) is 9.59. The van der Waals surface area contributed by atoms with Crippen molar-refractivity contribution >= 4 is 15.9 Å². The van der Waals surface area contributed by atoms with E-state index in [4.69, 9.17) is 0 Å². The minimum atomic E-state index is -0.0380. The molecule has 1 aromatic carbocycles. The van der Waals surface area contributed by atoms with Crippen molar-refractivity contribution in [2.45, 2.75) is 6.54 Å². The number of hydrogen-bond donors (Lipinski definition) is 1. The van der Waals surface area contributed by atoms with Gasteiger partial charge in [0.15, 0.2) is 0 Å². The van der Waals surface area contributed by atoms with Gasteiger partial charge in [0.25, 0.3) is 5.56 Å². The van der Waals surface area contributed by atoms with Crippen LogP contribution < -0.4 is 10.9 Å². The van der Waals surface area contributed by atoms with Gasteiger partial charge < -0.3 is 5.32 Å². The molecule has 0 saturated carbocycles. The van der Waals surface area contributed by atoms with Crippen LogP contribution in [0.25, 0.3) is 5.69 Å². The largest absolute Gasteiger partial charge is 0.314 e. The van der Waals surface area contributed by atoms with Gasteiger partial charge in [0.1, 0.15) is 4.47 Å². The smallest absolute Gasteiger partial charge is 0.286 e. The highest BCUT2D eigenvalue weighted by atomic mass is 79.9. The van der Waals surface area contributed by atoms with Crippen molar-refractivity contribution in [2.75, 3.05) is 7.05 Å². The molecule has 0 unspecified atom stereocenters. The van der Waals surface area contributed by atoms with Gasteiger partial charge in [-0.05, 0) is 35.1 Å². The Morgan fingerprint density at radius 1 is 1.29 bits per heavy atom. The van der Waals surface area contributed by atoms with E-state index in [1.807, 2.05) is 49.1 Å². The van der Waals surface area contributed by atoms with E-state index < -0.39 is 0 Å². The highest BCUT2D eigenvalue weighted by molar-refractivity contribution is 9.10. The van der Waals surface area contributed by atoms with Gasteiger partial charge in [0.2, 0.25) is 0 Å². The molecule has 1 aromatic heterocycles. The standard InChI is InChI=1S/C12H14BrN3O/c1-14-8-10-11(13)12(17)16(15(10)2)9-6-4-3-5-7-9/h3-7,14H,8H2,1-2H3. The van der Waals surface area contributed by atoms with E-state index in [2.05, 4.69) is 21.2 Å². The molecule has 0 aliphatic heterocycles. The molecular formula is C12H14BrN3O. The Morgan fingerprint density at radius 3 is 2.53 bits per heavy atom. The van der Waals surface area contributed by atoms with E-state index in [9.17, 15) is 4.79 Å². The van der Waals surface area contributed by atoms with Crippen molar-refractivity contribution in [3.05, 3.63) is 50.9 Å². The molecule has 1 N–H and O–H groups in total. The van der Waals surface area contributed by atoms with Gasteiger partial charge in [-0.1, -0.05) is 18.2 Å². The van der Waals surface area contributed by atoms with Crippen molar-refractivity contribution in [1.29, 1.82) is 0 Å². The van der Waals surface area contributed by atoms with E-state index in [1.54, 1.807) is 4.68 Å². The minimum Gasteiger partial charge on any atom is -0.314 e. The van der Waals surface area contributed by atoms with E-state index >= 15 is 0 Å². The predicted octanol–water partition coefficient (Wildman–Crippen LogP) is 1.66. The number of benzene rings is 1. The molecule has 0 bridgehead atoms. The monoisotopic (exact) mass is 295 g/mol. The second-order valence-corrected chi connectivity index (χ2v) is 4.56. The van der Waals surface area contributed by atoms with Gasteiger partial charge in [-0.15, -0.1) is 0 Å². The summed E-state index contributed by atoms with van der Waals surface area (Å²) in [6.07, 6.45) is 0. The first-order chi connectivity index (χ1) is 8.16. The van der Waals surface area contributed by atoms with Crippen molar-refractivity contribution < 1.29 is 0 Å². The Balaban J connectivity index is 2.64. The topological polar surface area (TPSA) is 39.0 Å². The quantitative estimate of drug-likeness (QED) is 0.935. The summed E-state index contributed by atoms with van der Waals surface area (Å²) in [5.41, 5.74) is 1.76. The molecule has 0 amide bonds. The van der Waals surface area contributed by atoms with Gasteiger partial charge in [0.05, 0.1) is 11.4 Å². The Labute approximate surface area is 108 Å². The van der Waals surface area contributed by atoms with Crippen LogP contribution in [-0.2, 0) is 13.6 Å². The first kappa shape index (κ1) is 12.1. The molecule has 2 aromatic rings. The maximum Gasteiger partial charge on any atom is 0.286 e. The molecule has 1 heterocycles. The molecule has 90 valence electrons. The molecule has 0 atom stereocenters. The third kappa shape index (κ3) is 2.08. The SMILES string of the molecule is CNCc1c(Br)c(=O)n(-c2ccccc2)n1C. The van der Waals surface area contributed by atoms with Crippen molar-refractivity contribution in [1.82, 2.24) is 14.7 Å². The average molecular weight is 296 g/mol. The number of nitrogens with zero attached hydrogens (tertiary/aromatic N) is 2. The van der Waals surface area contributed by atoms with Gasteiger partial charge in [-0.3, -0.25) is 9.48 Å². The molecule has 0 saturated heterocycles. The fraction of sp³-hybridized carbons (Fsp3) is 0.250. The van der Waals surface area contributed by atoms with Gasteiger partial charge in [0, 0.05) is 13.6 Å². The summed E-state index contributed by atoms with van der Waals surface area (Å²) in [5, 5.41) is 3.05. The van der Waals surface area contributed by atoms with Crippen LogP contribution in [0, 0.1) is 0 Å². The molecule has 0 radical (unpaired) electrons. The van der Waals surface area contributed by atoms with Crippen molar-refractivity contribution in [3.8, 4) is 5.69 Å². The number of rotatable bonds is 3. The van der Waals surface area contributed by atoms with Crippen LogP contribution in [-0.4, -0.2) is 16.4 Å². The van der Waals surface area contributed by atoms with Crippen LogP contribution in [0.2, 0.25) is 0 Å².